The third-order valence-corrected chi connectivity index (χ3v) is 4.67. The van der Waals surface area contributed by atoms with Crippen LogP contribution < -0.4 is 16.2 Å². The molecule has 10 heteroatoms. The van der Waals surface area contributed by atoms with E-state index in [0.29, 0.717) is 22.2 Å². The molecule has 0 saturated heterocycles. The van der Waals surface area contributed by atoms with Gasteiger partial charge in [0.05, 0.1) is 11.2 Å². The number of anilines is 1. The van der Waals surface area contributed by atoms with Crippen LogP contribution in [0.4, 0.5) is 10.2 Å². The molecule has 0 amide bonds. The Balaban J connectivity index is 1.52. The van der Waals surface area contributed by atoms with Crippen LogP contribution in [0.25, 0.3) is 28.0 Å². The zero-order valence-electron chi connectivity index (χ0n) is 15.9. The number of nitrogens with two attached hydrogens (primary N) is 1. The normalized spacial score (nSPS) is 11.1. The molecule has 5 rings (SSSR count). The predicted molar refractivity (Wildman–Crippen MR) is 110 cm³/mol. The average molecular weight is 418 g/mol. The van der Waals surface area contributed by atoms with Crippen molar-refractivity contribution in [1.29, 1.82) is 0 Å². The van der Waals surface area contributed by atoms with Crippen LogP contribution >= 0.6 is 0 Å². The Hall–Kier alpha value is -4.47. The minimum atomic E-state index is -0.647. The molecule has 9 nitrogen and oxygen atoms in total. The van der Waals surface area contributed by atoms with Crippen LogP contribution in [-0.2, 0) is 6.61 Å². The minimum Gasteiger partial charge on any atom is -0.485 e. The molecule has 0 aliphatic heterocycles. The SMILES string of the molecule is Nc1nc2ccc(F)cc2cc1OCc1cc(-c2n[nH]c(=O)o2)ccc1-n1cccn1. The number of nitrogen functional groups attached to an aromatic ring is 1. The summed E-state index contributed by atoms with van der Waals surface area (Å²) in [6.07, 6.45) is 3.45. The van der Waals surface area contributed by atoms with Crippen LogP contribution in [0.15, 0.2) is 70.1 Å². The fraction of sp³-hybridized carbons (Fsp3) is 0.0476. The van der Waals surface area contributed by atoms with E-state index in [2.05, 4.69) is 20.3 Å². The molecule has 31 heavy (non-hydrogen) atoms. The summed E-state index contributed by atoms with van der Waals surface area (Å²) >= 11 is 0. The maximum absolute atomic E-state index is 13.6. The molecule has 0 bridgehead atoms. The van der Waals surface area contributed by atoms with Crippen molar-refractivity contribution in [2.75, 3.05) is 5.73 Å². The van der Waals surface area contributed by atoms with Crippen molar-refractivity contribution in [3.63, 3.8) is 0 Å². The minimum absolute atomic E-state index is 0.102. The number of hydrogen-bond acceptors (Lipinski definition) is 7. The van der Waals surface area contributed by atoms with Crippen molar-refractivity contribution in [2.24, 2.45) is 0 Å². The molecule has 0 aliphatic carbocycles. The van der Waals surface area contributed by atoms with Gasteiger partial charge in [0.15, 0.2) is 11.6 Å². The molecule has 0 radical (unpaired) electrons. The quantitative estimate of drug-likeness (QED) is 0.449. The molecule has 2 aromatic carbocycles. The van der Waals surface area contributed by atoms with Crippen LogP contribution in [0.3, 0.4) is 0 Å². The van der Waals surface area contributed by atoms with Gasteiger partial charge in [0.1, 0.15) is 12.4 Å². The summed E-state index contributed by atoms with van der Waals surface area (Å²) < 4.78 is 26.2. The molecule has 154 valence electrons. The first kappa shape index (κ1) is 18.6. The summed E-state index contributed by atoms with van der Waals surface area (Å²) in [7, 11) is 0. The van der Waals surface area contributed by atoms with Crippen LogP contribution in [0.5, 0.6) is 5.75 Å². The van der Waals surface area contributed by atoms with Gasteiger partial charge in [-0.1, -0.05) is 0 Å². The number of nitrogens with zero attached hydrogens (tertiary/aromatic N) is 4. The number of hydrogen-bond donors (Lipinski definition) is 2. The Kier molecular flexibility index (Phi) is 4.43. The van der Waals surface area contributed by atoms with Gasteiger partial charge in [-0.15, -0.1) is 5.10 Å². The second-order valence-electron chi connectivity index (χ2n) is 6.71. The second kappa shape index (κ2) is 7.41. The lowest BCUT2D eigenvalue weighted by Gasteiger charge is -2.14. The first-order valence-corrected chi connectivity index (χ1v) is 9.24. The predicted octanol–water partition coefficient (Wildman–Crippen LogP) is 3.06. The molecule has 0 atom stereocenters. The van der Waals surface area contributed by atoms with E-state index in [0.717, 1.165) is 11.3 Å². The number of nitrogens with one attached hydrogen (secondary N) is 1. The molecule has 0 fully saturated rings. The van der Waals surface area contributed by atoms with Crippen LogP contribution in [-0.4, -0.2) is 25.0 Å². The molecule has 5 aromatic rings. The van der Waals surface area contributed by atoms with E-state index in [9.17, 15) is 9.18 Å². The number of benzene rings is 2. The molecular weight excluding hydrogens is 403 g/mol. The lowest BCUT2D eigenvalue weighted by molar-refractivity contribution is 0.307. The van der Waals surface area contributed by atoms with E-state index < -0.39 is 5.76 Å². The number of H-pyrrole nitrogens is 1. The molecule has 0 spiro atoms. The summed E-state index contributed by atoms with van der Waals surface area (Å²) in [5.74, 6) is -0.360. The van der Waals surface area contributed by atoms with Crippen LogP contribution in [0.1, 0.15) is 5.56 Å². The van der Waals surface area contributed by atoms with Crippen molar-refractivity contribution >= 4 is 16.7 Å². The second-order valence-corrected chi connectivity index (χ2v) is 6.71. The van der Waals surface area contributed by atoms with Gasteiger partial charge in [0, 0.05) is 28.9 Å². The zero-order valence-corrected chi connectivity index (χ0v) is 15.9. The van der Waals surface area contributed by atoms with Gasteiger partial charge < -0.3 is 14.9 Å². The fourth-order valence-electron chi connectivity index (χ4n) is 3.24. The smallest absolute Gasteiger partial charge is 0.434 e. The Morgan fingerprint density at radius 2 is 2.10 bits per heavy atom. The molecule has 0 unspecified atom stereocenters. The first-order chi connectivity index (χ1) is 15.1. The lowest BCUT2D eigenvalue weighted by Crippen LogP contribution is -2.06. The van der Waals surface area contributed by atoms with E-state index in [1.807, 2.05) is 6.07 Å². The van der Waals surface area contributed by atoms with Gasteiger partial charge in [0.2, 0.25) is 5.89 Å². The van der Waals surface area contributed by atoms with Crippen LogP contribution in [0.2, 0.25) is 0 Å². The number of rotatable bonds is 5. The number of aromatic nitrogens is 5. The van der Waals surface area contributed by atoms with Gasteiger partial charge in [0.25, 0.3) is 0 Å². The summed E-state index contributed by atoms with van der Waals surface area (Å²) in [5.41, 5.74) is 8.67. The molecule has 3 aromatic heterocycles. The Bertz CT molecular complexity index is 1440. The van der Waals surface area contributed by atoms with Gasteiger partial charge in [-0.25, -0.2) is 23.9 Å². The van der Waals surface area contributed by atoms with Crippen molar-refractivity contribution in [3.8, 4) is 22.9 Å². The summed E-state index contributed by atoms with van der Waals surface area (Å²) in [5, 5.41) is 10.9. The highest BCUT2D eigenvalue weighted by molar-refractivity contribution is 5.82. The van der Waals surface area contributed by atoms with Crippen LogP contribution in [0, 0.1) is 5.82 Å². The lowest BCUT2D eigenvalue weighted by atomic mass is 10.1. The number of pyridine rings is 1. The Morgan fingerprint density at radius 1 is 1.19 bits per heavy atom. The van der Waals surface area contributed by atoms with E-state index in [-0.39, 0.29) is 24.1 Å². The molecule has 0 saturated carbocycles. The first-order valence-electron chi connectivity index (χ1n) is 9.24. The number of ether oxygens (including phenoxy) is 1. The molecular formula is C21H15FN6O3. The third-order valence-electron chi connectivity index (χ3n) is 4.67. The number of halogens is 1. The summed E-state index contributed by atoms with van der Waals surface area (Å²) in [6.45, 7) is 0.102. The van der Waals surface area contributed by atoms with E-state index in [4.69, 9.17) is 14.9 Å². The maximum atomic E-state index is 13.6. The van der Waals surface area contributed by atoms with Crippen molar-refractivity contribution in [3.05, 3.63) is 82.9 Å². The van der Waals surface area contributed by atoms with Crippen molar-refractivity contribution in [2.45, 2.75) is 6.61 Å². The van der Waals surface area contributed by atoms with Gasteiger partial charge in [-0.3, -0.25) is 0 Å². The molecule has 3 heterocycles. The van der Waals surface area contributed by atoms with E-state index in [1.165, 1.54) is 12.1 Å². The van der Waals surface area contributed by atoms with Gasteiger partial charge in [-0.05, 0) is 48.5 Å². The zero-order chi connectivity index (χ0) is 21.4. The number of fused-ring (bicyclic) bond motifs is 1. The molecule has 0 aliphatic rings. The van der Waals surface area contributed by atoms with Gasteiger partial charge >= 0.3 is 5.76 Å². The maximum Gasteiger partial charge on any atom is 0.434 e. The highest BCUT2D eigenvalue weighted by atomic mass is 19.1. The summed E-state index contributed by atoms with van der Waals surface area (Å²) in [4.78, 5) is 15.6. The monoisotopic (exact) mass is 418 g/mol. The highest BCUT2D eigenvalue weighted by Crippen LogP contribution is 2.28. The summed E-state index contributed by atoms with van der Waals surface area (Å²) in [6, 6.07) is 13.0. The largest absolute Gasteiger partial charge is 0.485 e. The van der Waals surface area contributed by atoms with Crippen molar-refractivity contribution < 1.29 is 13.5 Å². The third kappa shape index (κ3) is 3.62. The number of aromatic amines is 1. The Morgan fingerprint density at radius 3 is 2.87 bits per heavy atom. The highest BCUT2D eigenvalue weighted by Gasteiger charge is 2.13. The Labute approximate surface area is 173 Å². The standard InChI is InChI=1S/C21H15FN6O3/c22-15-3-4-16-13(9-15)10-18(19(23)25-16)30-11-14-8-12(20-26-27-21(29)31-20)2-5-17(14)28-7-1-6-24-28/h1-10H,11H2,(H2,23,25)(H,27,29). The van der Waals surface area contributed by atoms with E-state index >= 15 is 0 Å². The molecule has 3 N–H and O–H groups in total. The van der Waals surface area contributed by atoms with E-state index in [1.54, 1.807) is 47.4 Å². The average Bonchev–Trinajstić information content (AvgIpc) is 3.44. The van der Waals surface area contributed by atoms with Gasteiger partial charge in [-0.2, -0.15) is 5.10 Å². The fourth-order valence-corrected chi connectivity index (χ4v) is 3.24. The topological polar surface area (TPSA) is 125 Å². The van der Waals surface area contributed by atoms with Crippen molar-refractivity contribution in [1.82, 2.24) is 25.0 Å².